The monoisotopic (exact) mass is 397 g/mol. The highest BCUT2D eigenvalue weighted by molar-refractivity contribution is 7.18. The van der Waals surface area contributed by atoms with Crippen LogP contribution in [0.5, 0.6) is 0 Å². The minimum absolute atomic E-state index is 0.0880. The summed E-state index contributed by atoms with van der Waals surface area (Å²) < 4.78 is 6.27. The van der Waals surface area contributed by atoms with Crippen molar-refractivity contribution in [3.63, 3.8) is 0 Å². The van der Waals surface area contributed by atoms with Crippen molar-refractivity contribution in [2.24, 2.45) is 0 Å². The number of morpholine rings is 1. The number of benzene rings is 1. The number of piperidine rings is 1. The van der Waals surface area contributed by atoms with Gasteiger partial charge in [-0.1, -0.05) is 23.5 Å². The molecule has 146 valence electrons. The lowest BCUT2D eigenvalue weighted by molar-refractivity contribution is -0.123. The maximum absolute atomic E-state index is 6.27. The Bertz CT molecular complexity index is 970. The van der Waals surface area contributed by atoms with Crippen molar-refractivity contribution in [2.45, 2.75) is 25.0 Å². The highest BCUT2D eigenvalue weighted by atomic mass is 32.1. The van der Waals surface area contributed by atoms with Crippen LogP contribution < -0.4 is 10.6 Å². The molecule has 2 saturated heterocycles. The predicted molar refractivity (Wildman–Crippen MR) is 109 cm³/mol. The molecule has 2 aromatic heterocycles. The van der Waals surface area contributed by atoms with Gasteiger partial charge in [0.25, 0.3) is 0 Å². The first-order valence-electron chi connectivity index (χ1n) is 9.60. The first-order valence-corrected chi connectivity index (χ1v) is 10.4. The molecule has 0 saturated carbocycles. The largest absolute Gasteiger partial charge is 0.374 e. The lowest BCUT2D eigenvalue weighted by Gasteiger charge is -2.47. The summed E-state index contributed by atoms with van der Waals surface area (Å²) in [5.41, 5.74) is 8.54. The average molecular weight is 398 g/mol. The topological polar surface area (TPSA) is 93.3 Å². The fourth-order valence-corrected chi connectivity index (χ4v) is 4.78. The second kappa shape index (κ2) is 7.23. The fourth-order valence-electron chi connectivity index (χ4n) is 4.12. The van der Waals surface area contributed by atoms with Gasteiger partial charge in [-0.25, -0.2) is 4.98 Å². The van der Waals surface area contributed by atoms with Gasteiger partial charge in [0.15, 0.2) is 0 Å². The van der Waals surface area contributed by atoms with Crippen molar-refractivity contribution in [1.82, 2.24) is 25.1 Å². The summed E-state index contributed by atoms with van der Waals surface area (Å²) in [5, 5.41) is 9.53. The SMILES string of the molecule is Nc1nnc(N2CCC3(CC2)CN(Cc2cnc4ccccc4n2)CCO3)s1. The number of rotatable bonds is 3. The molecule has 0 unspecified atom stereocenters. The fraction of sp³-hybridized carbons (Fsp3) is 0.474. The molecule has 0 radical (unpaired) electrons. The molecule has 1 spiro atoms. The summed E-state index contributed by atoms with van der Waals surface area (Å²) in [6.45, 7) is 5.24. The van der Waals surface area contributed by atoms with Crippen molar-refractivity contribution in [1.29, 1.82) is 0 Å². The Kier molecular flexibility index (Phi) is 4.58. The summed E-state index contributed by atoms with van der Waals surface area (Å²) in [4.78, 5) is 14.0. The third-order valence-corrected chi connectivity index (χ3v) is 6.40. The molecule has 2 N–H and O–H groups in total. The molecule has 2 aliphatic heterocycles. The van der Waals surface area contributed by atoms with E-state index in [4.69, 9.17) is 15.5 Å². The molecule has 3 aromatic rings. The predicted octanol–water partition coefficient (Wildman–Crippen LogP) is 1.93. The van der Waals surface area contributed by atoms with Gasteiger partial charge in [0.05, 0.1) is 35.1 Å². The van der Waals surface area contributed by atoms with Gasteiger partial charge in [0.1, 0.15) is 0 Å². The average Bonchev–Trinajstić information content (AvgIpc) is 3.15. The van der Waals surface area contributed by atoms with Crippen LogP contribution in [0.25, 0.3) is 11.0 Å². The van der Waals surface area contributed by atoms with Gasteiger partial charge < -0.3 is 15.4 Å². The van der Waals surface area contributed by atoms with E-state index in [1.165, 1.54) is 11.3 Å². The van der Waals surface area contributed by atoms with Crippen molar-refractivity contribution < 1.29 is 4.74 Å². The number of ether oxygens (including phenoxy) is 1. The Hall–Kier alpha value is -2.36. The number of nitrogens with zero attached hydrogens (tertiary/aromatic N) is 6. The number of anilines is 2. The molecular weight excluding hydrogens is 374 g/mol. The summed E-state index contributed by atoms with van der Waals surface area (Å²) in [7, 11) is 0. The third kappa shape index (κ3) is 3.52. The van der Waals surface area contributed by atoms with E-state index >= 15 is 0 Å². The maximum atomic E-state index is 6.27. The number of hydrogen-bond donors (Lipinski definition) is 1. The second-order valence-corrected chi connectivity index (χ2v) is 8.49. The van der Waals surface area contributed by atoms with E-state index in [1.54, 1.807) is 0 Å². The van der Waals surface area contributed by atoms with Crippen LogP contribution in [0.2, 0.25) is 0 Å². The Morgan fingerprint density at radius 2 is 1.93 bits per heavy atom. The number of hydrogen-bond acceptors (Lipinski definition) is 9. The normalized spacial score (nSPS) is 20.1. The lowest BCUT2D eigenvalue weighted by Crippen LogP contribution is -2.56. The number of nitrogen functional groups attached to an aromatic ring is 1. The van der Waals surface area contributed by atoms with E-state index in [0.717, 1.165) is 74.0 Å². The molecule has 2 aliphatic rings. The van der Waals surface area contributed by atoms with E-state index in [0.29, 0.717) is 5.13 Å². The van der Waals surface area contributed by atoms with Crippen molar-refractivity contribution >= 4 is 32.6 Å². The molecule has 9 heteroatoms. The number of aromatic nitrogens is 4. The quantitative estimate of drug-likeness (QED) is 0.717. The van der Waals surface area contributed by atoms with Crippen LogP contribution in [-0.2, 0) is 11.3 Å². The Balaban J connectivity index is 1.24. The lowest BCUT2D eigenvalue weighted by atomic mass is 9.89. The molecule has 5 rings (SSSR count). The Morgan fingerprint density at radius 1 is 1.11 bits per heavy atom. The molecule has 0 aliphatic carbocycles. The van der Waals surface area contributed by atoms with Gasteiger partial charge in [-0.2, -0.15) is 0 Å². The van der Waals surface area contributed by atoms with Crippen molar-refractivity contribution in [2.75, 3.05) is 43.4 Å². The Labute approximate surface area is 167 Å². The highest BCUT2D eigenvalue weighted by Crippen LogP contribution is 2.33. The first kappa shape index (κ1) is 17.7. The molecule has 0 amide bonds. The maximum Gasteiger partial charge on any atom is 0.209 e. The van der Waals surface area contributed by atoms with Crippen LogP contribution in [0.3, 0.4) is 0 Å². The molecule has 8 nitrogen and oxygen atoms in total. The third-order valence-electron chi connectivity index (χ3n) is 5.59. The minimum Gasteiger partial charge on any atom is -0.374 e. The van der Waals surface area contributed by atoms with Crippen LogP contribution >= 0.6 is 11.3 Å². The minimum atomic E-state index is -0.0880. The van der Waals surface area contributed by atoms with Gasteiger partial charge >= 0.3 is 0 Å². The summed E-state index contributed by atoms with van der Waals surface area (Å²) >= 11 is 1.45. The van der Waals surface area contributed by atoms with E-state index < -0.39 is 0 Å². The highest BCUT2D eigenvalue weighted by Gasteiger charge is 2.40. The zero-order chi connectivity index (χ0) is 19.0. The van der Waals surface area contributed by atoms with Crippen LogP contribution in [0.1, 0.15) is 18.5 Å². The summed E-state index contributed by atoms with van der Waals surface area (Å²) in [5.74, 6) is 0. The van der Waals surface area contributed by atoms with Gasteiger partial charge in [-0.05, 0) is 25.0 Å². The van der Waals surface area contributed by atoms with Gasteiger partial charge in [-0.3, -0.25) is 9.88 Å². The van der Waals surface area contributed by atoms with Gasteiger partial charge in [-0.15, -0.1) is 10.2 Å². The van der Waals surface area contributed by atoms with Gasteiger partial charge in [0.2, 0.25) is 10.3 Å². The molecular formula is C19H23N7OS. The summed E-state index contributed by atoms with van der Waals surface area (Å²) in [6.07, 6.45) is 3.85. The van der Waals surface area contributed by atoms with E-state index in [-0.39, 0.29) is 5.60 Å². The van der Waals surface area contributed by atoms with Crippen LogP contribution in [-0.4, -0.2) is 63.5 Å². The zero-order valence-electron chi connectivity index (χ0n) is 15.6. The molecule has 28 heavy (non-hydrogen) atoms. The summed E-state index contributed by atoms with van der Waals surface area (Å²) in [6, 6.07) is 8.01. The van der Waals surface area contributed by atoms with Crippen LogP contribution in [0, 0.1) is 0 Å². The van der Waals surface area contributed by atoms with E-state index in [2.05, 4.69) is 25.0 Å². The van der Waals surface area contributed by atoms with Crippen molar-refractivity contribution in [3.8, 4) is 0 Å². The molecule has 4 heterocycles. The van der Waals surface area contributed by atoms with Crippen molar-refractivity contribution in [3.05, 3.63) is 36.2 Å². The van der Waals surface area contributed by atoms with E-state index in [9.17, 15) is 0 Å². The standard InChI is InChI=1S/C19H23N7OS/c20-17-23-24-18(28-17)26-7-5-19(6-8-26)13-25(9-10-27-19)12-14-11-21-15-3-1-2-4-16(15)22-14/h1-4,11H,5-10,12-13H2,(H2,20,23). The molecule has 0 bridgehead atoms. The van der Waals surface area contributed by atoms with Crippen LogP contribution in [0.4, 0.5) is 10.3 Å². The smallest absolute Gasteiger partial charge is 0.209 e. The molecule has 1 aromatic carbocycles. The second-order valence-electron chi connectivity index (χ2n) is 7.50. The molecule has 2 fully saturated rings. The first-order chi connectivity index (χ1) is 13.7. The number of nitrogens with two attached hydrogens (primary N) is 1. The molecule has 0 atom stereocenters. The number of para-hydroxylation sites is 2. The van der Waals surface area contributed by atoms with E-state index in [1.807, 2.05) is 30.5 Å². The number of fused-ring (bicyclic) bond motifs is 1. The van der Waals surface area contributed by atoms with Gasteiger partial charge in [0, 0.05) is 32.7 Å². The van der Waals surface area contributed by atoms with Crippen LogP contribution in [0.15, 0.2) is 30.5 Å². The Morgan fingerprint density at radius 3 is 2.71 bits per heavy atom. The zero-order valence-corrected chi connectivity index (χ0v) is 16.4.